The predicted octanol–water partition coefficient (Wildman–Crippen LogP) is 4.31. The second-order valence-electron chi connectivity index (χ2n) is 8.01. The first-order chi connectivity index (χ1) is 16.5. The van der Waals surface area contributed by atoms with Crippen LogP contribution in [-0.4, -0.2) is 56.0 Å². The van der Waals surface area contributed by atoms with Gasteiger partial charge >= 0.3 is 0 Å². The molecule has 3 aromatic rings. The maximum atomic E-state index is 12.6. The summed E-state index contributed by atoms with van der Waals surface area (Å²) in [5.74, 6) is 1.37. The van der Waals surface area contributed by atoms with Crippen LogP contribution in [0, 0.1) is 10.1 Å². The van der Waals surface area contributed by atoms with Crippen LogP contribution in [0.5, 0.6) is 0 Å². The Kier molecular flexibility index (Phi) is 7.84. The molecule has 1 aliphatic heterocycles. The highest BCUT2D eigenvalue weighted by molar-refractivity contribution is 7.99. The van der Waals surface area contributed by atoms with Gasteiger partial charge in [0.05, 0.1) is 33.6 Å². The van der Waals surface area contributed by atoms with Crippen LogP contribution >= 0.6 is 23.4 Å². The number of carbonyl (C=O) groups excluding carboxylic acids is 1. The van der Waals surface area contributed by atoms with Gasteiger partial charge in [-0.25, -0.2) is 14.6 Å². The zero-order chi connectivity index (χ0) is 24.1. The first kappa shape index (κ1) is 24.2. The maximum absolute atomic E-state index is 12.6. The Morgan fingerprint density at radius 3 is 2.79 bits per heavy atom. The third kappa shape index (κ3) is 5.41. The molecule has 12 heteroatoms. The first-order valence-electron chi connectivity index (χ1n) is 11.3. The van der Waals surface area contributed by atoms with E-state index < -0.39 is 10.8 Å². The third-order valence-corrected chi connectivity index (χ3v) is 6.94. The Balaban J connectivity index is 1.52. The van der Waals surface area contributed by atoms with E-state index in [1.54, 1.807) is 22.6 Å². The minimum absolute atomic E-state index is 0.0640. The number of anilines is 1. The number of carbonyl (C=O) groups is 1. The third-order valence-electron chi connectivity index (χ3n) is 5.56. The summed E-state index contributed by atoms with van der Waals surface area (Å²) >= 11 is 7.71. The van der Waals surface area contributed by atoms with Crippen LogP contribution in [0.2, 0.25) is 5.02 Å². The van der Waals surface area contributed by atoms with Crippen molar-refractivity contribution in [3.05, 3.63) is 45.1 Å². The standard InChI is InChI=1S/C22H26ClN7O3S/c1-2-12-34-22-26-19(28-9-4-3-5-10-28)17-14-25-29(20(17)27-22)11-8-24-21(31)16-13-15(30(32)33)6-7-18(16)23/h6-7,13-14H,2-5,8-12H2,1H3,(H,24,31). The number of piperidine rings is 1. The van der Waals surface area contributed by atoms with Crippen molar-refractivity contribution < 1.29 is 9.72 Å². The molecule has 1 aliphatic rings. The number of nitrogens with zero attached hydrogens (tertiary/aromatic N) is 6. The van der Waals surface area contributed by atoms with E-state index >= 15 is 0 Å². The van der Waals surface area contributed by atoms with Crippen LogP contribution in [0.4, 0.5) is 11.5 Å². The van der Waals surface area contributed by atoms with Gasteiger partial charge in [-0.1, -0.05) is 30.3 Å². The lowest BCUT2D eigenvalue weighted by Crippen LogP contribution is -2.30. The molecule has 0 atom stereocenters. The minimum atomic E-state index is -0.559. The molecule has 4 rings (SSSR count). The van der Waals surface area contributed by atoms with Gasteiger partial charge in [0.1, 0.15) is 5.82 Å². The van der Waals surface area contributed by atoms with Crippen LogP contribution < -0.4 is 10.2 Å². The molecule has 0 radical (unpaired) electrons. The highest BCUT2D eigenvalue weighted by Crippen LogP contribution is 2.29. The van der Waals surface area contributed by atoms with Gasteiger partial charge in [-0.15, -0.1) is 0 Å². The fourth-order valence-electron chi connectivity index (χ4n) is 3.86. The van der Waals surface area contributed by atoms with E-state index in [1.807, 2.05) is 0 Å². The number of thioether (sulfide) groups is 1. The molecular weight excluding hydrogens is 478 g/mol. The van der Waals surface area contributed by atoms with E-state index in [1.165, 1.54) is 24.6 Å². The van der Waals surface area contributed by atoms with Gasteiger partial charge in [-0.3, -0.25) is 14.9 Å². The molecular formula is C22H26ClN7O3S. The average molecular weight is 504 g/mol. The number of hydrogen-bond donors (Lipinski definition) is 1. The fourth-order valence-corrected chi connectivity index (χ4v) is 4.75. The van der Waals surface area contributed by atoms with Crippen molar-refractivity contribution in [3.8, 4) is 0 Å². The molecule has 1 saturated heterocycles. The van der Waals surface area contributed by atoms with Gasteiger partial charge < -0.3 is 10.2 Å². The summed E-state index contributed by atoms with van der Waals surface area (Å²) < 4.78 is 1.76. The van der Waals surface area contributed by atoms with Gasteiger partial charge in [0.25, 0.3) is 11.6 Å². The molecule has 180 valence electrons. The van der Waals surface area contributed by atoms with E-state index in [4.69, 9.17) is 21.6 Å². The van der Waals surface area contributed by atoms with Crippen LogP contribution in [0.1, 0.15) is 43.0 Å². The largest absolute Gasteiger partial charge is 0.356 e. The van der Waals surface area contributed by atoms with E-state index in [0.717, 1.165) is 60.1 Å². The summed E-state index contributed by atoms with van der Waals surface area (Å²) in [5, 5.41) is 20.1. The molecule has 3 heterocycles. The lowest BCUT2D eigenvalue weighted by Gasteiger charge is -2.28. The number of amides is 1. The van der Waals surface area contributed by atoms with Gasteiger partial charge in [0.2, 0.25) is 0 Å². The molecule has 1 aromatic carbocycles. The molecule has 10 nitrogen and oxygen atoms in total. The average Bonchev–Trinajstić information content (AvgIpc) is 3.25. The Morgan fingerprint density at radius 1 is 1.26 bits per heavy atom. The Hall–Kier alpha value is -2.92. The van der Waals surface area contributed by atoms with Crippen LogP contribution in [0.25, 0.3) is 11.0 Å². The molecule has 1 N–H and O–H groups in total. The van der Waals surface area contributed by atoms with Crippen LogP contribution in [0.15, 0.2) is 29.6 Å². The molecule has 2 aromatic heterocycles. The van der Waals surface area contributed by atoms with Crippen molar-refractivity contribution in [1.29, 1.82) is 0 Å². The molecule has 1 fully saturated rings. The number of rotatable bonds is 9. The van der Waals surface area contributed by atoms with E-state index in [0.29, 0.717) is 6.54 Å². The van der Waals surface area contributed by atoms with Crippen molar-refractivity contribution in [2.45, 2.75) is 44.3 Å². The number of nitro groups is 1. The van der Waals surface area contributed by atoms with E-state index in [9.17, 15) is 14.9 Å². The van der Waals surface area contributed by atoms with Crippen molar-refractivity contribution in [1.82, 2.24) is 25.1 Å². The highest BCUT2D eigenvalue weighted by Gasteiger charge is 2.20. The highest BCUT2D eigenvalue weighted by atomic mass is 35.5. The molecule has 0 saturated carbocycles. The summed E-state index contributed by atoms with van der Waals surface area (Å²) in [6.07, 6.45) is 6.33. The van der Waals surface area contributed by atoms with E-state index in [2.05, 4.69) is 22.2 Å². The molecule has 1 amide bonds. The molecule has 0 aliphatic carbocycles. The number of non-ortho nitro benzene ring substituents is 1. The number of benzene rings is 1. The fraction of sp³-hybridized carbons (Fsp3) is 0.455. The summed E-state index contributed by atoms with van der Waals surface area (Å²) in [6, 6.07) is 3.79. The Morgan fingerprint density at radius 2 is 2.06 bits per heavy atom. The lowest BCUT2D eigenvalue weighted by atomic mass is 10.1. The SMILES string of the molecule is CCCSc1nc(N2CCCCC2)c2cnn(CCNC(=O)c3cc([N+](=O)[O-])ccc3Cl)c2n1. The number of aromatic nitrogens is 4. The molecule has 0 bridgehead atoms. The van der Waals surface area contributed by atoms with Gasteiger partial charge in [-0.05, 0) is 31.7 Å². The maximum Gasteiger partial charge on any atom is 0.270 e. The van der Waals surface area contributed by atoms with Crippen molar-refractivity contribution in [2.75, 3.05) is 30.3 Å². The number of nitro benzene ring substituents is 1. The molecule has 34 heavy (non-hydrogen) atoms. The van der Waals surface area contributed by atoms with Crippen molar-refractivity contribution in [3.63, 3.8) is 0 Å². The second kappa shape index (κ2) is 11.0. The number of halogens is 1. The Bertz CT molecular complexity index is 1200. The summed E-state index contributed by atoms with van der Waals surface area (Å²) in [7, 11) is 0. The summed E-state index contributed by atoms with van der Waals surface area (Å²) in [4.78, 5) is 34.9. The lowest BCUT2D eigenvalue weighted by molar-refractivity contribution is -0.384. The van der Waals surface area contributed by atoms with Gasteiger partial charge in [0.15, 0.2) is 10.8 Å². The molecule has 0 unspecified atom stereocenters. The summed E-state index contributed by atoms with van der Waals surface area (Å²) in [5.41, 5.74) is 0.609. The van der Waals surface area contributed by atoms with Crippen molar-refractivity contribution in [2.24, 2.45) is 0 Å². The zero-order valence-corrected chi connectivity index (χ0v) is 20.4. The van der Waals surface area contributed by atoms with E-state index in [-0.39, 0.29) is 22.8 Å². The van der Waals surface area contributed by atoms with Crippen LogP contribution in [-0.2, 0) is 6.54 Å². The first-order valence-corrected chi connectivity index (χ1v) is 12.7. The quantitative estimate of drug-likeness (QED) is 0.198. The topological polar surface area (TPSA) is 119 Å². The number of fused-ring (bicyclic) bond motifs is 1. The smallest absolute Gasteiger partial charge is 0.270 e. The number of hydrogen-bond acceptors (Lipinski definition) is 8. The van der Waals surface area contributed by atoms with Gasteiger partial charge in [0, 0.05) is 37.5 Å². The second-order valence-corrected chi connectivity index (χ2v) is 9.48. The predicted molar refractivity (Wildman–Crippen MR) is 133 cm³/mol. The summed E-state index contributed by atoms with van der Waals surface area (Å²) in [6.45, 7) is 4.70. The Labute approximate surface area is 206 Å². The zero-order valence-electron chi connectivity index (χ0n) is 18.9. The normalized spacial score (nSPS) is 13.9. The number of nitrogens with one attached hydrogen (secondary N) is 1. The molecule has 0 spiro atoms. The van der Waals surface area contributed by atoms with Crippen molar-refractivity contribution >= 4 is 51.8 Å². The minimum Gasteiger partial charge on any atom is -0.356 e. The monoisotopic (exact) mass is 503 g/mol. The van der Waals surface area contributed by atoms with Crippen LogP contribution in [0.3, 0.4) is 0 Å². The van der Waals surface area contributed by atoms with Gasteiger partial charge in [-0.2, -0.15) is 5.10 Å².